The molecular weight excluding hydrogens is 330 g/mol. The van der Waals surface area contributed by atoms with Gasteiger partial charge in [0, 0.05) is 31.7 Å². The minimum atomic E-state index is -0.0285. The number of nitriles is 1. The van der Waals surface area contributed by atoms with Gasteiger partial charge < -0.3 is 19.3 Å². The lowest BCUT2D eigenvalue weighted by atomic mass is 10.1. The Morgan fingerprint density at radius 3 is 2.35 bits per heavy atom. The number of hydrogen-bond donors (Lipinski definition) is 0. The topological polar surface area (TPSA) is 65.8 Å². The van der Waals surface area contributed by atoms with Crippen molar-refractivity contribution in [2.24, 2.45) is 0 Å². The summed E-state index contributed by atoms with van der Waals surface area (Å²) in [4.78, 5) is 16.8. The minimum Gasteiger partial charge on any atom is -0.493 e. The molecule has 1 aliphatic heterocycles. The average Bonchev–Trinajstić information content (AvgIpc) is 2.72. The molecule has 0 saturated carbocycles. The molecule has 6 heteroatoms. The van der Waals surface area contributed by atoms with Crippen LogP contribution >= 0.6 is 0 Å². The van der Waals surface area contributed by atoms with Gasteiger partial charge in [0.15, 0.2) is 11.5 Å². The summed E-state index contributed by atoms with van der Waals surface area (Å²) in [5.74, 6) is 1.11. The molecule has 26 heavy (non-hydrogen) atoms. The molecule has 0 atom stereocenters. The van der Waals surface area contributed by atoms with E-state index in [1.807, 2.05) is 29.2 Å². The number of piperazine rings is 1. The average molecular weight is 351 g/mol. The Kier molecular flexibility index (Phi) is 5.28. The lowest BCUT2D eigenvalue weighted by molar-refractivity contribution is 0.0746. The Hall–Kier alpha value is -3.20. The SMILES string of the molecule is COc1ccc(C(=O)N2CCN(c3ccccc3C#N)CC2)cc1OC. The number of benzene rings is 2. The Morgan fingerprint density at radius 1 is 1.00 bits per heavy atom. The quantitative estimate of drug-likeness (QED) is 0.847. The first-order valence-electron chi connectivity index (χ1n) is 8.43. The van der Waals surface area contributed by atoms with Crippen molar-refractivity contribution in [3.8, 4) is 17.6 Å². The first-order valence-corrected chi connectivity index (χ1v) is 8.43. The van der Waals surface area contributed by atoms with Crippen LogP contribution in [0, 0.1) is 11.3 Å². The van der Waals surface area contributed by atoms with Crippen LogP contribution in [-0.2, 0) is 0 Å². The van der Waals surface area contributed by atoms with Gasteiger partial charge in [-0.1, -0.05) is 12.1 Å². The van der Waals surface area contributed by atoms with Crippen molar-refractivity contribution < 1.29 is 14.3 Å². The van der Waals surface area contributed by atoms with Crippen LogP contribution in [0.15, 0.2) is 42.5 Å². The van der Waals surface area contributed by atoms with Crippen LogP contribution in [0.5, 0.6) is 11.5 Å². The molecule has 6 nitrogen and oxygen atoms in total. The number of carbonyl (C=O) groups is 1. The fraction of sp³-hybridized carbons (Fsp3) is 0.300. The van der Waals surface area contributed by atoms with E-state index in [0.29, 0.717) is 48.8 Å². The summed E-state index contributed by atoms with van der Waals surface area (Å²) in [6, 6.07) is 15.0. The summed E-state index contributed by atoms with van der Waals surface area (Å²) in [7, 11) is 3.12. The Bertz CT molecular complexity index is 836. The summed E-state index contributed by atoms with van der Waals surface area (Å²) in [5, 5.41) is 9.27. The highest BCUT2D eigenvalue weighted by molar-refractivity contribution is 5.95. The van der Waals surface area contributed by atoms with Crippen LogP contribution in [0.4, 0.5) is 5.69 Å². The summed E-state index contributed by atoms with van der Waals surface area (Å²) >= 11 is 0. The molecule has 134 valence electrons. The van der Waals surface area contributed by atoms with Gasteiger partial charge in [0.25, 0.3) is 5.91 Å². The lowest BCUT2D eigenvalue weighted by Gasteiger charge is -2.36. The predicted molar refractivity (Wildman–Crippen MR) is 98.8 cm³/mol. The first-order chi connectivity index (χ1) is 12.7. The number of methoxy groups -OCH3 is 2. The van der Waals surface area contributed by atoms with Gasteiger partial charge in [-0.15, -0.1) is 0 Å². The maximum Gasteiger partial charge on any atom is 0.254 e. The van der Waals surface area contributed by atoms with Crippen molar-refractivity contribution in [3.63, 3.8) is 0 Å². The van der Waals surface area contributed by atoms with E-state index in [1.54, 1.807) is 32.4 Å². The molecule has 1 fully saturated rings. The normalized spacial score (nSPS) is 13.9. The fourth-order valence-corrected chi connectivity index (χ4v) is 3.15. The number of hydrogen-bond acceptors (Lipinski definition) is 5. The molecule has 3 rings (SSSR count). The number of ether oxygens (including phenoxy) is 2. The first kappa shape index (κ1) is 17.6. The van der Waals surface area contributed by atoms with E-state index >= 15 is 0 Å². The zero-order valence-corrected chi connectivity index (χ0v) is 14.9. The second kappa shape index (κ2) is 7.79. The molecular formula is C20H21N3O3. The zero-order chi connectivity index (χ0) is 18.5. The van der Waals surface area contributed by atoms with Gasteiger partial charge in [0.2, 0.25) is 0 Å². The number of rotatable bonds is 4. The Morgan fingerprint density at radius 2 is 1.69 bits per heavy atom. The van der Waals surface area contributed by atoms with Crippen LogP contribution < -0.4 is 14.4 Å². The molecule has 0 radical (unpaired) electrons. The van der Waals surface area contributed by atoms with Crippen molar-refractivity contribution in [1.29, 1.82) is 5.26 Å². The molecule has 0 aromatic heterocycles. The molecule has 0 bridgehead atoms. The molecule has 0 aliphatic carbocycles. The van der Waals surface area contributed by atoms with Crippen molar-refractivity contribution in [1.82, 2.24) is 4.90 Å². The van der Waals surface area contributed by atoms with E-state index in [1.165, 1.54) is 0 Å². The molecule has 0 unspecified atom stereocenters. The fourth-order valence-electron chi connectivity index (χ4n) is 3.15. The van der Waals surface area contributed by atoms with Crippen LogP contribution in [0.1, 0.15) is 15.9 Å². The van der Waals surface area contributed by atoms with E-state index < -0.39 is 0 Å². The Labute approximate surface area is 153 Å². The maximum atomic E-state index is 12.8. The lowest BCUT2D eigenvalue weighted by Crippen LogP contribution is -2.49. The molecule has 1 saturated heterocycles. The number of carbonyl (C=O) groups excluding carboxylic acids is 1. The van der Waals surface area contributed by atoms with Crippen molar-refractivity contribution in [2.45, 2.75) is 0 Å². The molecule has 0 spiro atoms. The monoisotopic (exact) mass is 351 g/mol. The third-order valence-corrected chi connectivity index (χ3v) is 4.56. The van der Waals surface area contributed by atoms with Gasteiger partial charge in [0.05, 0.1) is 25.5 Å². The standard InChI is InChI=1S/C20H21N3O3/c1-25-18-8-7-15(13-19(18)26-2)20(24)23-11-9-22(10-12-23)17-6-4-3-5-16(17)14-21/h3-8,13H,9-12H2,1-2H3. The third-order valence-electron chi connectivity index (χ3n) is 4.56. The largest absolute Gasteiger partial charge is 0.493 e. The van der Waals surface area contributed by atoms with E-state index in [0.717, 1.165) is 5.69 Å². The highest BCUT2D eigenvalue weighted by Gasteiger charge is 2.24. The van der Waals surface area contributed by atoms with Gasteiger partial charge in [-0.2, -0.15) is 5.26 Å². The van der Waals surface area contributed by atoms with Gasteiger partial charge in [-0.25, -0.2) is 0 Å². The summed E-state index contributed by atoms with van der Waals surface area (Å²) in [6.45, 7) is 2.59. The van der Waals surface area contributed by atoms with Crippen LogP contribution in [0.2, 0.25) is 0 Å². The Balaban J connectivity index is 1.70. The maximum absolute atomic E-state index is 12.8. The molecule has 2 aromatic rings. The van der Waals surface area contributed by atoms with Crippen molar-refractivity contribution in [2.75, 3.05) is 45.3 Å². The van der Waals surface area contributed by atoms with Gasteiger partial charge in [-0.3, -0.25) is 4.79 Å². The van der Waals surface area contributed by atoms with E-state index in [9.17, 15) is 10.1 Å². The zero-order valence-electron chi connectivity index (χ0n) is 14.9. The second-order valence-corrected chi connectivity index (χ2v) is 5.98. The smallest absolute Gasteiger partial charge is 0.254 e. The summed E-state index contributed by atoms with van der Waals surface area (Å²) in [5.41, 5.74) is 2.16. The van der Waals surface area contributed by atoms with Crippen molar-refractivity contribution in [3.05, 3.63) is 53.6 Å². The second-order valence-electron chi connectivity index (χ2n) is 5.98. The highest BCUT2D eigenvalue weighted by Crippen LogP contribution is 2.28. The molecule has 1 amide bonds. The minimum absolute atomic E-state index is 0.0285. The van der Waals surface area contributed by atoms with E-state index in [4.69, 9.17) is 9.47 Å². The van der Waals surface area contributed by atoms with Gasteiger partial charge in [0.1, 0.15) is 6.07 Å². The summed E-state index contributed by atoms with van der Waals surface area (Å²) < 4.78 is 10.5. The summed E-state index contributed by atoms with van der Waals surface area (Å²) in [6.07, 6.45) is 0. The number of anilines is 1. The number of nitrogens with zero attached hydrogens (tertiary/aromatic N) is 3. The number of para-hydroxylation sites is 1. The van der Waals surface area contributed by atoms with E-state index in [2.05, 4.69) is 11.0 Å². The van der Waals surface area contributed by atoms with Crippen LogP contribution in [0.3, 0.4) is 0 Å². The molecule has 2 aromatic carbocycles. The molecule has 1 heterocycles. The molecule has 0 N–H and O–H groups in total. The highest BCUT2D eigenvalue weighted by atomic mass is 16.5. The van der Waals surface area contributed by atoms with Crippen LogP contribution in [0.25, 0.3) is 0 Å². The molecule has 1 aliphatic rings. The van der Waals surface area contributed by atoms with Crippen LogP contribution in [-0.4, -0.2) is 51.2 Å². The van der Waals surface area contributed by atoms with E-state index in [-0.39, 0.29) is 5.91 Å². The third kappa shape index (κ3) is 3.42. The number of amides is 1. The van der Waals surface area contributed by atoms with Crippen molar-refractivity contribution >= 4 is 11.6 Å². The predicted octanol–water partition coefficient (Wildman–Crippen LogP) is 2.54. The van der Waals surface area contributed by atoms with Gasteiger partial charge in [-0.05, 0) is 30.3 Å². The van der Waals surface area contributed by atoms with Gasteiger partial charge >= 0.3 is 0 Å².